The van der Waals surface area contributed by atoms with Crippen LogP contribution in [0.1, 0.15) is 18.1 Å². The molecule has 17 heavy (non-hydrogen) atoms. The number of thioether (sulfide) groups is 1. The van der Waals surface area contributed by atoms with Crippen molar-refractivity contribution in [2.45, 2.75) is 25.1 Å². The summed E-state index contributed by atoms with van der Waals surface area (Å²) in [5.41, 5.74) is 4.40. The van der Waals surface area contributed by atoms with E-state index in [1.165, 1.54) is 42.1 Å². The zero-order chi connectivity index (χ0) is 11.7. The lowest BCUT2D eigenvalue weighted by molar-refractivity contribution is 0.279. The van der Waals surface area contributed by atoms with E-state index in [9.17, 15) is 0 Å². The van der Waals surface area contributed by atoms with Crippen molar-refractivity contribution < 1.29 is 0 Å². The summed E-state index contributed by atoms with van der Waals surface area (Å²) < 4.78 is 0. The average molecular weight is 248 g/mol. The van der Waals surface area contributed by atoms with Crippen molar-refractivity contribution in [1.29, 1.82) is 0 Å². The van der Waals surface area contributed by atoms with Gasteiger partial charge in [-0.05, 0) is 17.5 Å². The van der Waals surface area contributed by atoms with Crippen molar-refractivity contribution in [3.63, 3.8) is 0 Å². The Kier molecular flexibility index (Phi) is 3.30. The Morgan fingerprint density at radius 1 is 1.47 bits per heavy atom. The minimum Gasteiger partial charge on any atom is -0.384 e. The van der Waals surface area contributed by atoms with E-state index >= 15 is 0 Å². The molecule has 0 bridgehead atoms. The molecule has 1 aromatic carbocycles. The van der Waals surface area contributed by atoms with E-state index in [0.29, 0.717) is 0 Å². The van der Waals surface area contributed by atoms with Crippen LogP contribution in [0.25, 0.3) is 0 Å². The lowest BCUT2D eigenvalue weighted by atomic mass is 10.1. The second-order valence-electron chi connectivity index (χ2n) is 5.04. The number of nitrogens with zero attached hydrogens (tertiary/aromatic N) is 1. The third-order valence-corrected chi connectivity index (χ3v) is 4.79. The van der Waals surface area contributed by atoms with E-state index in [0.717, 1.165) is 18.3 Å². The predicted molar refractivity (Wildman–Crippen MR) is 75.8 cm³/mol. The van der Waals surface area contributed by atoms with Gasteiger partial charge in [-0.15, -0.1) is 0 Å². The summed E-state index contributed by atoms with van der Waals surface area (Å²) in [6.45, 7) is 7.02. The van der Waals surface area contributed by atoms with E-state index in [2.05, 4.69) is 47.1 Å². The Morgan fingerprint density at radius 2 is 2.41 bits per heavy atom. The highest BCUT2D eigenvalue weighted by atomic mass is 32.2. The van der Waals surface area contributed by atoms with Crippen molar-refractivity contribution >= 4 is 17.4 Å². The van der Waals surface area contributed by atoms with Gasteiger partial charge in [0.15, 0.2) is 0 Å². The maximum absolute atomic E-state index is 3.54. The highest BCUT2D eigenvalue weighted by Crippen LogP contribution is 2.28. The third kappa shape index (κ3) is 2.45. The first-order valence-corrected chi connectivity index (χ1v) is 7.56. The van der Waals surface area contributed by atoms with Gasteiger partial charge in [0.25, 0.3) is 0 Å². The second-order valence-corrected chi connectivity index (χ2v) is 6.59. The highest BCUT2D eigenvalue weighted by molar-refractivity contribution is 7.99. The number of hydrogen-bond donors (Lipinski definition) is 1. The summed E-state index contributed by atoms with van der Waals surface area (Å²) in [6, 6.07) is 6.75. The molecule has 1 fully saturated rings. The van der Waals surface area contributed by atoms with Gasteiger partial charge in [-0.1, -0.05) is 25.1 Å². The quantitative estimate of drug-likeness (QED) is 0.866. The molecule has 0 aromatic heterocycles. The highest BCUT2D eigenvalue weighted by Gasteiger charge is 2.19. The summed E-state index contributed by atoms with van der Waals surface area (Å²) in [7, 11) is 0. The predicted octanol–water partition coefficient (Wildman–Crippen LogP) is 2.59. The molecule has 0 aliphatic carbocycles. The summed E-state index contributed by atoms with van der Waals surface area (Å²) in [5.74, 6) is 1.28. The standard InChI is InChI=1S/C14H20N2S/c1-11-9-16(7-8-17-11)10-13-4-2-3-12-5-6-15-14(12)13/h2-4,11,15H,5-10H2,1H3. The minimum atomic E-state index is 0.786. The van der Waals surface area contributed by atoms with Gasteiger partial charge >= 0.3 is 0 Å². The number of nitrogens with one attached hydrogen (secondary N) is 1. The molecule has 2 aliphatic rings. The zero-order valence-electron chi connectivity index (χ0n) is 10.4. The molecule has 1 N–H and O–H groups in total. The lowest BCUT2D eigenvalue weighted by Gasteiger charge is -2.31. The molecule has 0 amide bonds. The Hall–Kier alpha value is -0.670. The smallest absolute Gasteiger partial charge is 0.0419 e. The number of anilines is 1. The van der Waals surface area contributed by atoms with Gasteiger partial charge in [-0.3, -0.25) is 4.90 Å². The van der Waals surface area contributed by atoms with Crippen LogP contribution in [0.4, 0.5) is 5.69 Å². The Morgan fingerprint density at radius 3 is 3.29 bits per heavy atom. The first-order valence-electron chi connectivity index (χ1n) is 6.51. The summed E-state index contributed by atoms with van der Waals surface area (Å²) >= 11 is 2.10. The van der Waals surface area contributed by atoms with E-state index in [1.807, 2.05) is 0 Å². The monoisotopic (exact) mass is 248 g/mol. The average Bonchev–Trinajstić information content (AvgIpc) is 2.78. The van der Waals surface area contributed by atoms with Crippen molar-refractivity contribution in [1.82, 2.24) is 4.90 Å². The van der Waals surface area contributed by atoms with Crippen LogP contribution in [0.3, 0.4) is 0 Å². The maximum Gasteiger partial charge on any atom is 0.0419 e. The van der Waals surface area contributed by atoms with Gasteiger partial charge in [-0.2, -0.15) is 11.8 Å². The van der Waals surface area contributed by atoms with E-state index in [4.69, 9.17) is 0 Å². The van der Waals surface area contributed by atoms with Crippen LogP contribution < -0.4 is 5.32 Å². The first-order chi connectivity index (χ1) is 8.33. The SMILES string of the molecule is CC1CN(Cc2cccc3c2NCC3)CCS1. The molecule has 0 radical (unpaired) electrons. The Labute approximate surface area is 108 Å². The third-order valence-electron chi connectivity index (χ3n) is 3.65. The van der Waals surface area contributed by atoms with Crippen LogP contribution in [-0.2, 0) is 13.0 Å². The molecule has 2 aliphatic heterocycles. The molecule has 92 valence electrons. The Balaban J connectivity index is 1.74. The molecule has 1 saturated heterocycles. The molecule has 0 spiro atoms. The fourth-order valence-corrected chi connectivity index (χ4v) is 3.90. The van der Waals surface area contributed by atoms with Crippen LogP contribution >= 0.6 is 11.8 Å². The van der Waals surface area contributed by atoms with Gasteiger partial charge in [0.2, 0.25) is 0 Å². The fraction of sp³-hybridized carbons (Fsp3) is 0.571. The summed E-state index contributed by atoms with van der Waals surface area (Å²) in [5, 5.41) is 4.32. The van der Waals surface area contributed by atoms with Gasteiger partial charge in [-0.25, -0.2) is 0 Å². The normalized spacial score (nSPS) is 24.4. The number of para-hydroxylation sites is 1. The lowest BCUT2D eigenvalue weighted by Crippen LogP contribution is -2.36. The molecular formula is C14H20N2S. The molecule has 3 heteroatoms. The van der Waals surface area contributed by atoms with Crippen LogP contribution in [0.2, 0.25) is 0 Å². The van der Waals surface area contributed by atoms with Crippen LogP contribution in [-0.4, -0.2) is 35.5 Å². The number of rotatable bonds is 2. The van der Waals surface area contributed by atoms with Crippen molar-refractivity contribution in [2.75, 3.05) is 30.7 Å². The van der Waals surface area contributed by atoms with Crippen molar-refractivity contribution in [3.05, 3.63) is 29.3 Å². The van der Waals surface area contributed by atoms with Crippen molar-refractivity contribution in [2.24, 2.45) is 0 Å². The number of fused-ring (bicyclic) bond motifs is 1. The van der Waals surface area contributed by atoms with Gasteiger partial charge in [0.05, 0.1) is 0 Å². The molecule has 1 atom stereocenters. The Bertz CT molecular complexity index is 405. The molecule has 2 nitrogen and oxygen atoms in total. The van der Waals surface area contributed by atoms with Crippen LogP contribution in [0.15, 0.2) is 18.2 Å². The van der Waals surface area contributed by atoms with Gasteiger partial charge < -0.3 is 5.32 Å². The molecule has 3 rings (SSSR count). The van der Waals surface area contributed by atoms with E-state index in [1.54, 1.807) is 0 Å². The molecule has 1 unspecified atom stereocenters. The summed E-state index contributed by atoms with van der Waals surface area (Å²) in [4.78, 5) is 2.59. The van der Waals surface area contributed by atoms with Gasteiger partial charge in [0.1, 0.15) is 0 Å². The van der Waals surface area contributed by atoms with Crippen molar-refractivity contribution in [3.8, 4) is 0 Å². The topological polar surface area (TPSA) is 15.3 Å². The number of hydrogen-bond acceptors (Lipinski definition) is 3. The van der Waals surface area contributed by atoms with E-state index in [-0.39, 0.29) is 0 Å². The van der Waals surface area contributed by atoms with Crippen LogP contribution in [0, 0.1) is 0 Å². The van der Waals surface area contributed by atoms with E-state index < -0.39 is 0 Å². The molecule has 0 saturated carbocycles. The molecular weight excluding hydrogens is 228 g/mol. The minimum absolute atomic E-state index is 0.786. The second kappa shape index (κ2) is 4.91. The maximum atomic E-state index is 3.54. The first kappa shape index (κ1) is 11.4. The summed E-state index contributed by atoms with van der Waals surface area (Å²) in [6.07, 6.45) is 1.19. The van der Waals surface area contributed by atoms with Gasteiger partial charge in [0, 0.05) is 42.9 Å². The zero-order valence-corrected chi connectivity index (χ0v) is 11.2. The number of benzene rings is 1. The fourth-order valence-electron chi connectivity index (χ4n) is 2.82. The molecule has 1 aromatic rings. The van der Waals surface area contributed by atoms with Crippen LogP contribution in [0.5, 0.6) is 0 Å². The largest absolute Gasteiger partial charge is 0.384 e. The molecule has 2 heterocycles.